The Morgan fingerprint density at radius 2 is 2.09 bits per heavy atom. The van der Waals surface area contributed by atoms with Crippen LogP contribution in [0.1, 0.15) is 16.7 Å². The first-order chi connectivity index (χ1) is 10.8. The Kier molecular flexibility index (Phi) is 4.75. The molecule has 0 amide bonds. The molecular weight excluding hydrogens is 292 g/mol. The molecule has 0 aliphatic carbocycles. The second-order valence-corrected chi connectivity index (χ2v) is 6.05. The van der Waals surface area contributed by atoms with Crippen molar-refractivity contribution >= 4 is 28.8 Å². The third-order valence-corrected chi connectivity index (χ3v) is 4.29. The molecule has 1 heterocycles. The van der Waals surface area contributed by atoms with Gasteiger partial charge in [0.15, 0.2) is 5.17 Å². The highest BCUT2D eigenvalue weighted by Crippen LogP contribution is 2.22. The van der Waals surface area contributed by atoms with Crippen LogP contribution in [0, 0.1) is 0 Å². The van der Waals surface area contributed by atoms with Gasteiger partial charge in [-0.25, -0.2) is 0 Å². The Morgan fingerprint density at radius 1 is 1.23 bits per heavy atom. The first-order valence-electron chi connectivity index (χ1n) is 7.21. The van der Waals surface area contributed by atoms with Gasteiger partial charge in [0, 0.05) is 18.0 Å². The molecule has 112 valence electrons. The van der Waals surface area contributed by atoms with E-state index < -0.39 is 0 Å². The highest BCUT2D eigenvalue weighted by Gasteiger charge is 2.08. The van der Waals surface area contributed by atoms with E-state index >= 15 is 0 Å². The van der Waals surface area contributed by atoms with Crippen molar-refractivity contribution in [3.8, 4) is 0 Å². The Bertz CT molecular complexity index is 695. The number of fused-ring (bicyclic) bond motifs is 1. The Morgan fingerprint density at radius 3 is 2.95 bits per heavy atom. The summed E-state index contributed by atoms with van der Waals surface area (Å²) >= 11 is 1.49. The lowest BCUT2D eigenvalue weighted by Crippen LogP contribution is -2.06. The van der Waals surface area contributed by atoms with Crippen LogP contribution in [0.25, 0.3) is 0 Å². The predicted octanol–water partition coefficient (Wildman–Crippen LogP) is 3.24. The zero-order chi connectivity index (χ0) is 15.2. The predicted molar refractivity (Wildman–Crippen MR) is 95.6 cm³/mol. The number of nitrogens with one attached hydrogen (secondary N) is 1. The minimum atomic E-state index is 0.475. The number of nitrogens with zero attached hydrogens (tertiary/aromatic N) is 2. The van der Waals surface area contributed by atoms with Gasteiger partial charge in [0.05, 0.1) is 6.21 Å². The van der Waals surface area contributed by atoms with Gasteiger partial charge in [-0.2, -0.15) is 5.10 Å². The fourth-order valence-electron chi connectivity index (χ4n) is 2.32. The molecule has 3 rings (SSSR count). The highest BCUT2D eigenvalue weighted by atomic mass is 32.2. The summed E-state index contributed by atoms with van der Waals surface area (Å²) in [5.74, 6) is 0.802. The summed E-state index contributed by atoms with van der Waals surface area (Å²) < 4.78 is 0. The van der Waals surface area contributed by atoms with Crippen LogP contribution in [0.2, 0.25) is 0 Å². The average Bonchev–Trinajstić information content (AvgIpc) is 3.02. The van der Waals surface area contributed by atoms with Crippen molar-refractivity contribution in [2.24, 2.45) is 15.9 Å². The number of hydrogen-bond donors (Lipinski definition) is 2. The van der Waals surface area contributed by atoms with E-state index in [2.05, 4.69) is 39.8 Å². The molecular formula is C17H18N4S. The van der Waals surface area contributed by atoms with Gasteiger partial charge in [-0.3, -0.25) is 0 Å². The summed E-state index contributed by atoms with van der Waals surface area (Å²) in [6.45, 7) is 1.01. The number of hydrogen-bond acceptors (Lipinski definition) is 4. The molecule has 0 aromatic heterocycles. The van der Waals surface area contributed by atoms with Crippen molar-refractivity contribution in [1.29, 1.82) is 0 Å². The van der Waals surface area contributed by atoms with Gasteiger partial charge in [-0.05, 0) is 35.2 Å². The fourth-order valence-corrected chi connectivity index (χ4v) is 2.93. The van der Waals surface area contributed by atoms with E-state index in [1.54, 1.807) is 6.21 Å². The lowest BCUT2D eigenvalue weighted by Gasteiger charge is -2.00. The van der Waals surface area contributed by atoms with Gasteiger partial charge in [-0.1, -0.05) is 48.2 Å². The summed E-state index contributed by atoms with van der Waals surface area (Å²) in [6.07, 6.45) is 2.81. The molecule has 0 atom stereocenters. The zero-order valence-corrected chi connectivity index (χ0v) is 13.0. The smallest absolute Gasteiger partial charge is 0.180 e. The molecule has 0 bridgehead atoms. The number of amidine groups is 1. The van der Waals surface area contributed by atoms with Crippen molar-refractivity contribution in [2.75, 3.05) is 11.9 Å². The zero-order valence-electron chi connectivity index (χ0n) is 12.2. The molecule has 2 aromatic rings. The van der Waals surface area contributed by atoms with E-state index in [4.69, 9.17) is 5.73 Å². The third-order valence-electron chi connectivity index (χ3n) is 3.43. The second kappa shape index (κ2) is 7.13. The maximum atomic E-state index is 5.87. The van der Waals surface area contributed by atoms with Gasteiger partial charge >= 0.3 is 0 Å². The van der Waals surface area contributed by atoms with E-state index in [1.807, 2.05) is 24.3 Å². The van der Waals surface area contributed by atoms with E-state index in [0.717, 1.165) is 24.3 Å². The van der Waals surface area contributed by atoms with E-state index in [9.17, 15) is 0 Å². The van der Waals surface area contributed by atoms with Gasteiger partial charge in [0.2, 0.25) is 0 Å². The molecule has 2 aromatic carbocycles. The van der Waals surface area contributed by atoms with Crippen LogP contribution in [-0.4, -0.2) is 17.9 Å². The van der Waals surface area contributed by atoms with Crippen LogP contribution in [0.3, 0.4) is 0 Å². The summed E-state index contributed by atoms with van der Waals surface area (Å²) in [7, 11) is 0. The number of anilines is 1. The van der Waals surface area contributed by atoms with E-state index in [-0.39, 0.29) is 0 Å². The van der Waals surface area contributed by atoms with Crippen molar-refractivity contribution in [3.05, 3.63) is 65.2 Å². The third kappa shape index (κ3) is 3.89. The standard InChI is InChI=1S/C17H18N4S/c18-17(22-12-13-4-2-1-3-5-13)21-20-11-14-6-7-16-15(10-14)8-9-19-16/h1-7,10-11,19H,8-9,12H2,(H2,18,21). The average molecular weight is 310 g/mol. The SMILES string of the molecule is NC(=NN=Cc1ccc2c(c1)CCN2)SCc1ccccc1. The maximum absolute atomic E-state index is 5.87. The Balaban J connectivity index is 1.56. The molecule has 0 saturated heterocycles. The lowest BCUT2D eigenvalue weighted by atomic mass is 10.1. The fraction of sp³-hybridized carbons (Fsp3) is 0.176. The minimum absolute atomic E-state index is 0.475. The summed E-state index contributed by atoms with van der Waals surface area (Å²) in [5, 5.41) is 11.9. The molecule has 1 aliphatic rings. The molecule has 0 saturated carbocycles. The van der Waals surface area contributed by atoms with Crippen LogP contribution in [0.5, 0.6) is 0 Å². The maximum Gasteiger partial charge on any atom is 0.180 e. The summed E-state index contributed by atoms with van der Waals surface area (Å²) in [4.78, 5) is 0. The van der Waals surface area contributed by atoms with Crippen LogP contribution >= 0.6 is 11.8 Å². The molecule has 4 nitrogen and oxygen atoms in total. The molecule has 0 unspecified atom stereocenters. The summed E-state index contributed by atoms with van der Waals surface area (Å²) in [5.41, 5.74) is 10.7. The van der Waals surface area contributed by atoms with Crippen LogP contribution in [0.4, 0.5) is 5.69 Å². The van der Waals surface area contributed by atoms with Gasteiger partial charge in [0.1, 0.15) is 0 Å². The van der Waals surface area contributed by atoms with Crippen molar-refractivity contribution in [3.63, 3.8) is 0 Å². The first-order valence-corrected chi connectivity index (χ1v) is 8.20. The van der Waals surface area contributed by atoms with Gasteiger partial charge < -0.3 is 11.1 Å². The molecule has 1 aliphatic heterocycles. The highest BCUT2D eigenvalue weighted by molar-refractivity contribution is 8.13. The molecule has 0 fully saturated rings. The quantitative estimate of drug-likeness (QED) is 0.518. The largest absolute Gasteiger partial charge is 0.384 e. The number of rotatable bonds is 4. The summed E-state index contributed by atoms with van der Waals surface area (Å²) in [6, 6.07) is 16.4. The van der Waals surface area contributed by atoms with Crippen molar-refractivity contribution < 1.29 is 0 Å². The van der Waals surface area contributed by atoms with Crippen LogP contribution < -0.4 is 11.1 Å². The monoisotopic (exact) mass is 310 g/mol. The normalized spacial score (nSPS) is 14.1. The van der Waals surface area contributed by atoms with Crippen LogP contribution in [0.15, 0.2) is 58.7 Å². The van der Waals surface area contributed by atoms with Gasteiger partial charge in [0.25, 0.3) is 0 Å². The Labute approximate surface area is 134 Å². The van der Waals surface area contributed by atoms with Gasteiger partial charge in [-0.15, -0.1) is 5.10 Å². The molecule has 3 N–H and O–H groups in total. The minimum Gasteiger partial charge on any atom is -0.384 e. The number of nitrogens with two attached hydrogens (primary N) is 1. The van der Waals surface area contributed by atoms with Crippen LogP contribution in [-0.2, 0) is 12.2 Å². The van der Waals surface area contributed by atoms with Crippen molar-refractivity contribution in [2.45, 2.75) is 12.2 Å². The molecule has 22 heavy (non-hydrogen) atoms. The molecule has 5 heteroatoms. The molecule has 0 spiro atoms. The van der Waals surface area contributed by atoms with E-state index in [0.29, 0.717) is 5.17 Å². The Hall–Kier alpha value is -2.27. The second-order valence-electron chi connectivity index (χ2n) is 5.05. The molecule has 0 radical (unpaired) electrons. The number of benzene rings is 2. The number of thioether (sulfide) groups is 1. The topological polar surface area (TPSA) is 62.8 Å². The lowest BCUT2D eigenvalue weighted by molar-refractivity contribution is 1.11. The van der Waals surface area contributed by atoms with Crippen molar-refractivity contribution in [1.82, 2.24) is 0 Å². The van der Waals surface area contributed by atoms with E-state index in [1.165, 1.54) is 28.6 Å². The first kappa shape index (κ1) is 14.7.